The Balaban J connectivity index is 1.71. The Kier molecular flexibility index (Phi) is 6.87. The van der Waals surface area contributed by atoms with Crippen molar-refractivity contribution in [1.29, 1.82) is 0 Å². The lowest BCUT2D eigenvalue weighted by Gasteiger charge is -2.35. The number of nitrogens with zero attached hydrogens (tertiary/aromatic N) is 1. The van der Waals surface area contributed by atoms with Crippen LogP contribution in [0.15, 0.2) is 66.9 Å². The first-order valence-corrected chi connectivity index (χ1v) is 12.3. The van der Waals surface area contributed by atoms with Gasteiger partial charge in [0.2, 0.25) is 5.79 Å². The van der Waals surface area contributed by atoms with E-state index in [0.29, 0.717) is 16.8 Å². The molecule has 1 aliphatic rings. The fourth-order valence-corrected chi connectivity index (χ4v) is 5.04. The van der Waals surface area contributed by atoms with Gasteiger partial charge in [-0.3, -0.25) is 18.6 Å². The van der Waals surface area contributed by atoms with Crippen LogP contribution in [0.4, 0.5) is 8.78 Å². The predicted molar refractivity (Wildman–Crippen MR) is 122 cm³/mol. The minimum absolute atomic E-state index is 0.0728. The van der Waals surface area contributed by atoms with E-state index in [1.165, 1.54) is 0 Å². The van der Waals surface area contributed by atoms with E-state index >= 15 is 8.78 Å². The van der Waals surface area contributed by atoms with Crippen molar-refractivity contribution in [2.45, 2.75) is 52.0 Å². The molecule has 0 atom stereocenters. The predicted octanol–water partition coefficient (Wildman–Crippen LogP) is 6.71. The highest BCUT2D eigenvalue weighted by atomic mass is 31.2. The first-order chi connectivity index (χ1) is 16.1. The molecule has 6 nitrogen and oxygen atoms in total. The van der Waals surface area contributed by atoms with Gasteiger partial charge in [0.15, 0.2) is 0 Å². The molecule has 1 aliphatic heterocycles. The second-order valence-electron chi connectivity index (χ2n) is 8.41. The molecule has 9 heteroatoms. The minimum Gasteiger partial charge on any atom is -0.461 e. The summed E-state index contributed by atoms with van der Waals surface area (Å²) in [6, 6.07) is 17.3. The number of ether oxygens (including phenoxy) is 2. The van der Waals surface area contributed by atoms with E-state index in [9.17, 15) is 4.57 Å². The molecule has 0 aliphatic carbocycles. The quantitative estimate of drug-likeness (QED) is 0.328. The number of aromatic nitrogens is 1. The van der Waals surface area contributed by atoms with Crippen LogP contribution in [-0.2, 0) is 43.8 Å². The average Bonchev–Trinajstić information content (AvgIpc) is 2.82. The largest absolute Gasteiger partial charge is 0.461 e. The van der Waals surface area contributed by atoms with Gasteiger partial charge in [0, 0.05) is 25.6 Å². The zero-order chi connectivity index (χ0) is 24.4. The van der Waals surface area contributed by atoms with Gasteiger partial charge < -0.3 is 9.47 Å². The molecule has 0 saturated heterocycles. The van der Waals surface area contributed by atoms with Crippen LogP contribution in [0.1, 0.15) is 41.8 Å². The van der Waals surface area contributed by atoms with Gasteiger partial charge in [-0.15, -0.1) is 0 Å². The van der Waals surface area contributed by atoms with Crippen molar-refractivity contribution in [3.63, 3.8) is 0 Å². The Morgan fingerprint density at radius 1 is 1.00 bits per heavy atom. The Labute approximate surface area is 197 Å². The lowest BCUT2D eigenvalue weighted by molar-refractivity contribution is -0.181. The third-order valence-corrected chi connectivity index (χ3v) is 7.25. The van der Waals surface area contributed by atoms with Crippen LogP contribution in [0.3, 0.4) is 0 Å². The molecule has 2 heterocycles. The summed E-state index contributed by atoms with van der Waals surface area (Å²) < 4.78 is 68.0. The van der Waals surface area contributed by atoms with Crippen LogP contribution >= 0.6 is 7.60 Å². The maximum absolute atomic E-state index is 16.1. The first kappa shape index (κ1) is 24.5. The van der Waals surface area contributed by atoms with Crippen LogP contribution in [0, 0.1) is 6.92 Å². The van der Waals surface area contributed by atoms with Crippen LogP contribution in [0.2, 0.25) is 0 Å². The molecule has 0 saturated carbocycles. The zero-order valence-electron chi connectivity index (χ0n) is 19.2. The summed E-state index contributed by atoms with van der Waals surface area (Å²) in [5, 5.41) is 0. The highest BCUT2D eigenvalue weighted by Gasteiger charge is 2.57. The molecule has 1 aromatic heterocycles. The number of fused-ring (bicyclic) bond motifs is 1. The molecule has 3 aromatic rings. The van der Waals surface area contributed by atoms with Gasteiger partial charge in [0.1, 0.15) is 5.75 Å². The average molecular weight is 489 g/mol. The lowest BCUT2D eigenvalue weighted by atomic mass is 10.1. The third kappa shape index (κ3) is 5.05. The summed E-state index contributed by atoms with van der Waals surface area (Å²) in [6.45, 7) is 4.22. The van der Waals surface area contributed by atoms with E-state index in [0.717, 1.165) is 6.20 Å². The number of benzene rings is 2. The molecular formula is C25H26F2NO5P. The first-order valence-electron chi connectivity index (χ1n) is 10.8. The fraction of sp³-hybridized carbons (Fsp3) is 0.320. The summed E-state index contributed by atoms with van der Waals surface area (Å²) in [6.07, 6.45) is 0.990. The molecule has 0 unspecified atom stereocenters. The van der Waals surface area contributed by atoms with E-state index < -0.39 is 24.6 Å². The van der Waals surface area contributed by atoms with Crippen LogP contribution in [0.5, 0.6) is 5.75 Å². The van der Waals surface area contributed by atoms with Crippen LogP contribution in [-0.4, -0.2) is 10.8 Å². The third-order valence-electron chi connectivity index (χ3n) is 5.38. The van der Waals surface area contributed by atoms with E-state index in [4.69, 9.17) is 18.5 Å². The number of rotatable bonds is 8. The Morgan fingerprint density at radius 2 is 1.53 bits per heavy atom. The van der Waals surface area contributed by atoms with Crippen LogP contribution in [0.25, 0.3) is 0 Å². The summed E-state index contributed by atoms with van der Waals surface area (Å²) in [5.74, 6) is -0.823. The van der Waals surface area contributed by atoms with E-state index in [2.05, 4.69) is 4.98 Å². The topological polar surface area (TPSA) is 66.9 Å². The smallest absolute Gasteiger partial charge is 0.405 e. The summed E-state index contributed by atoms with van der Waals surface area (Å²) >= 11 is 0. The standard InChI is InChI=1S/C25H26F2NO5P/c1-18-23-21(17-30-24(2,3)33-23)22(14-28-18)25(26,27)34(29,31-15-19-10-6-4-7-11-19)32-16-20-12-8-5-9-13-20/h4-14H,15-17H2,1-3H3. The number of pyridine rings is 1. The molecule has 0 bridgehead atoms. The van der Waals surface area contributed by atoms with Crippen molar-refractivity contribution < 1.29 is 31.9 Å². The van der Waals surface area contributed by atoms with Gasteiger partial charge in [-0.25, -0.2) is 0 Å². The summed E-state index contributed by atoms with van der Waals surface area (Å²) in [7, 11) is -5.05. The molecule has 0 radical (unpaired) electrons. The van der Waals surface area contributed by atoms with Crippen molar-refractivity contribution in [3.05, 3.63) is 94.8 Å². The normalized spacial score (nSPS) is 15.4. The second kappa shape index (κ2) is 9.55. The van der Waals surface area contributed by atoms with Gasteiger partial charge in [0.05, 0.1) is 31.1 Å². The highest BCUT2D eigenvalue weighted by Crippen LogP contribution is 2.68. The van der Waals surface area contributed by atoms with E-state index in [-0.39, 0.29) is 31.1 Å². The SMILES string of the molecule is Cc1ncc(C(F)(F)P(=O)(OCc2ccccc2)OCc2ccccc2)c2c1OC(C)(C)OC2. The summed E-state index contributed by atoms with van der Waals surface area (Å²) in [4.78, 5) is 4.08. The molecule has 0 N–H and O–H groups in total. The monoisotopic (exact) mass is 489 g/mol. The highest BCUT2D eigenvalue weighted by molar-refractivity contribution is 7.54. The van der Waals surface area contributed by atoms with Gasteiger partial charge in [-0.05, 0) is 18.1 Å². The van der Waals surface area contributed by atoms with Crippen molar-refractivity contribution in [2.75, 3.05) is 0 Å². The molecule has 4 rings (SSSR count). The molecule has 2 aromatic carbocycles. The summed E-state index contributed by atoms with van der Waals surface area (Å²) in [5.41, 5.74) is -2.96. The van der Waals surface area contributed by atoms with Crippen molar-refractivity contribution in [3.8, 4) is 5.75 Å². The van der Waals surface area contributed by atoms with E-state index in [1.54, 1.807) is 81.4 Å². The number of hydrogen-bond donors (Lipinski definition) is 0. The number of hydrogen-bond acceptors (Lipinski definition) is 6. The second-order valence-corrected chi connectivity index (χ2v) is 10.5. The maximum Gasteiger partial charge on any atom is 0.405 e. The fourth-order valence-electron chi connectivity index (χ4n) is 3.51. The number of alkyl halides is 2. The maximum atomic E-state index is 16.1. The van der Waals surface area contributed by atoms with Gasteiger partial charge in [-0.2, -0.15) is 8.78 Å². The molecule has 0 amide bonds. The minimum atomic E-state index is -5.05. The molecule has 180 valence electrons. The van der Waals surface area contributed by atoms with Crippen molar-refractivity contribution in [2.24, 2.45) is 0 Å². The number of halogens is 2. The van der Waals surface area contributed by atoms with Crippen molar-refractivity contribution >= 4 is 7.60 Å². The zero-order valence-corrected chi connectivity index (χ0v) is 20.1. The van der Waals surface area contributed by atoms with E-state index in [1.807, 2.05) is 0 Å². The Hall–Kier alpha value is -2.64. The molecular weight excluding hydrogens is 463 g/mol. The van der Waals surface area contributed by atoms with Crippen LogP contribution < -0.4 is 4.74 Å². The Morgan fingerprint density at radius 3 is 2.06 bits per heavy atom. The van der Waals surface area contributed by atoms with Gasteiger partial charge in [-0.1, -0.05) is 60.7 Å². The Bertz CT molecular complexity index is 1140. The molecule has 0 fully saturated rings. The van der Waals surface area contributed by atoms with Crippen molar-refractivity contribution in [1.82, 2.24) is 4.98 Å². The van der Waals surface area contributed by atoms with Gasteiger partial charge >= 0.3 is 13.3 Å². The lowest BCUT2D eigenvalue weighted by Crippen LogP contribution is -2.37. The number of aryl methyl sites for hydroxylation is 1. The van der Waals surface area contributed by atoms with Gasteiger partial charge in [0.25, 0.3) is 0 Å². The molecule has 34 heavy (non-hydrogen) atoms. The molecule has 0 spiro atoms.